The van der Waals surface area contributed by atoms with E-state index in [1.807, 2.05) is 31.2 Å². The lowest BCUT2D eigenvalue weighted by molar-refractivity contribution is 0.289. The molecule has 0 radical (unpaired) electrons. The largest absolute Gasteiger partial charge is 0.497 e. The van der Waals surface area contributed by atoms with Gasteiger partial charge in [0.15, 0.2) is 11.6 Å². The van der Waals surface area contributed by atoms with E-state index in [1.54, 1.807) is 19.2 Å². The molecule has 2 rings (SSSR count). The second-order valence-electron chi connectivity index (χ2n) is 4.62. The fourth-order valence-corrected chi connectivity index (χ4v) is 1.84. The van der Waals surface area contributed by atoms with Crippen LogP contribution in [0.15, 0.2) is 42.5 Å². The van der Waals surface area contributed by atoms with Gasteiger partial charge in [0.05, 0.1) is 7.11 Å². The van der Waals surface area contributed by atoms with Crippen molar-refractivity contribution in [2.75, 3.05) is 7.11 Å². The van der Waals surface area contributed by atoms with E-state index in [0.29, 0.717) is 0 Å². The SMILES string of the molecule is COc1cccc(COc2ccc(C(C)N)cc2F)c1. The molecule has 0 saturated heterocycles. The van der Waals surface area contributed by atoms with E-state index in [0.717, 1.165) is 16.9 Å². The van der Waals surface area contributed by atoms with Crippen LogP contribution in [-0.2, 0) is 6.61 Å². The Balaban J connectivity index is 2.07. The fourth-order valence-electron chi connectivity index (χ4n) is 1.84. The van der Waals surface area contributed by atoms with Gasteiger partial charge in [-0.1, -0.05) is 18.2 Å². The van der Waals surface area contributed by atoms with Gasteiger partial charge in [-0.05, 0) is 42.3 Å². The van der Waals surface area contributed by atoms with Crippen LogP contribution in [0.1, 0.15) is 24.1 Å². The normalized spacial score (nSPS) is 12.0. The predicted octanol–water partition coefficient (Wildman–Crippen LogP) is 3.43. The average molecular weight is 275 g/mol. The topological polar surface area (TPSA) is 44.5 Å². The minimum atomic E-state index is -0.400. The van der Waals surface area contributed by atoms with Crippen molar-refractivity contribution in [1.82, 2.24) is 0 Å². The molecular weight excluding hydrogens is 257 g/mol. The summed E-state index contributed by atoms with van der Waals surface area (Å²) in [5.41, 5.74) is 7.37. The minimum absolute atomic E-state index is 0.197. The summed E-state index contributed by atoms with van der Waals surface area (Å²) >= 11 is 0. The minimum Gasteiger partial charge on any atom is -0.497 e. The molecule has 4 heteroatoms. The highest BCUT2D eigenvalue weighted by Crippen LogP contribution is 2.22. The summed E-state index contributed by atoms with van der Waals surface area (Å²) in [4.78, 5) is 0. The summed E-state index contributed by atoms with van der Waals surface area (Å²) in [6.45, 7) is 2.09. The van der Waals surface area contributed by atoms with Crippen LogP contribution in [0.5, 0.6) is 11.5 Å². The zero-order valence-corrected chi connectivity index (χ0v) is 11.6. The number of hydrogen-bond donors (Lipinski definition) is 1. The zero-order chi connectivity index (χ0) is 14.5. The summed E-state index contributed by atoms with van der Waals surface area (Å²) in [7, 11) is 1.60. The highest BCUT2D eigenvalue weighted by molar-refractivity contribution is 5.32. The quantitative estimate of drug-likeness (QED) is 0.909. The zero-order valence-electron chi connectivity index (χ0n) is 11.6. The van der Waals surface area contributed by atoms with Gasteiger partial charge in [-0.2, -0.15) is 0 Å². The van der Waals surface area contributed by atoms with E-state index >= 15 is 0 Å². The van der Waals surface area contributed by atoms with Gasteiger partial charge in [0.25, 0.3) is 0 Å². The Morgan fingerprint density at radius 2 is 2.00 bits per heavy atom. The summed E-state index contributed by atoms with van der Waals surface area (Å²) in [5, 5.41) is 0. The van der Waals surface area contributed by atoms with Crippen LogP contribution >= 0.6 is 0 Å². The van der Waals surface area contributed by atoms with Crippen LogP contribution in [0.3, 0.4) is 0 Å². The molecule has 106 valence electrons. The van der Waals surface area contributed by atoms with E-state index in [4.69, 9.17) is 15.2 Å². The first-order chi connectivity index (χ1) is 9.60. The molecule has 0 spiro atoms. The Kier molecular flexibility index (Phi) is 4.58. The van der Waals surface area contributed by atoms with Crippen molar-refractivity contribution >= 4 is 0 Å². The molecule has 0 saturated carbocycles. The van der Waals surface area contributed by atoms with Gasteiger partial charge in [0.2, 0.25) is 0 Å². The van der Waals surface area contributed by atoms with Gasteiger partial charge in [-0.3, -0.25) is 0 Å². The third-order valence-corrected chi connectivity index (χ3v) is 3.01. The fraction of sp³-hybridized carbons (Fsp3) is 0.250. The van der Waals surface area contributed by atoms with Crippen molar-refractivity contribution in [2.24, 2.45) is 5.73 Å². The van der Waals surface area contributed by atoms with Gasteiger partial charge in [0.1, 0.15) is 12.4 Å². The Bertz CT molecular complexity index is 584. The van der Waals surface area contributed by atoms with Gasteiger partial charge in [-0.25, -0.2) is 4.39 Å². The molecule has 0 fully saturated rings. The van der Waals surface area contributed by atoms with Gasteiger partial charge < -0.3 is 15.2 Å². The van der Waals surface area contributed by atoms with E-state index in [1.165, 1.54) is 6.07 Å². The van der Waals surface area contributed by atoms with Crippen LogP contribution in [0.25, 0.3) is 0 Å². The number of nitrogens with two attached hydrogens (primary N) is 1. The first-order valence-corrected chi connectivity index (χ1v) is 6.41. The molecular formula is C16H18FNO2. The molecule has 0 aliphatic heterocycles. The van der Waals surface area contributed by atoms with E-state index in [9.17, 15) is 4.39 Å². The molecule has 2 aromatic carbocycles. The molecule has 3 nitrogen and oxygen atoms in total. The Hall–Kier alpha value is -2.07. The van der Waals surface area contributed by atoms with E-state index < -0.39 is 5.82 Å². The number of hydrogen-bond acceptors (Lipinski definition) is 3. The molecule has 20 heavy (non-hydrogen) atoms. The Morgan fingerprint density at radius 1 is 1.20 bits per heavy atom. The van der Waals surface area contributed by atoms with Gasteiger partial charge in [0, 0.05) is 6.04 Å². The molecule has 0 bridgehead atoms. The smallest absolute Gasteiger partial charge is 0.165 e. The molecule has 0 amide bonds. The molecule has 0 aliphatic carbocycles. The van der Waals surface area contributed by atoms with E-state index in [-0.39, 0.29) is 18.4 Å². The van der Waals surface area contributed by atoms with Crippen molar-refractivity contribution in [3.63, 3.8) is 0 Å². The van der Waals surface area contributed by atoms with Crippen molar-refractivity contribution in [3.8, 4) is 11.5 Å². The number of benzene rings is 2. The summed E-state index contributed by atoms with van der Waals surface area (Å²) in [6, 6.07) is 12.1. The van der Waals surface area contributed by atoms with E-state index in [2.05, 4.69) is 0 Å². The summed E-state index contributed by atoms with van der Waals surface area (Å²) in [5.74, 6) is 0.568. The maximum Gasteiger partial charge on any atom is 0.165 e. The molecule has 0 aromatic heterocycles. The second kappa shape index (κ2) is 6.39. The standard InChI is InChI=1S/C16H18FNO2/c1-11(18)13-6-7-16(15(17)9-13)20-10-12-4-3-5-14(8-12)19-2/h3-9,11H,10,18H2,1-2H3. The molecule has 1 atom stereocenters. The third-order valence-electron chi connectivity index (χ3n) is 3.01. The van der Waals surface area contributed by atoms with Crippen LogP contribution in [0.4, 0.5) is 4.39 Å². The maximum absolute atomic E-state index is 13.9. The van der Waals surface area contributed by atoms with Gasteiger partial charge in [-0.15, -0.1) is 0 Å². The summed E-state index contributed by atoms with van der Waals surface area (Å²) in [6.07, 6.45) is 0. The molecule has 1 unspecified atom stereocenters. The highest BCUT2D eigenvalue weighted by Gasteiger charge is 2.07. The van der Waals surface area contributed by atoms with Crippen molar-refractivity contribution in [2.45, 2.75) is 19.6 Å². The molecule has 0 heterocycles. The van der Waals surface area contributed by atoms with Crippen LogP contribution in [0, 0.1) is 5.82 Å². The van der Waals surface area contributed by atoms with Crippen LogP contribution in [-0.4, -0.2) is 7.11 Å². The number of rotatable bonds is 5. The highest BCUT2D eigenvalue weighted by atomic mass is 19.1. The van der Waals surface area contributed by atoms with Crippen molar-refractivity contribution in [3.05, 3.63) is 59.4 Å². The molecule has 2 aromatic rings. The lowest BCUT2D eigenvalue weighted by atomic mass is 10.1. The molecule has 0 aliphatic rings. The lowest BCUT2D eigenvalue weighted by Crippen LogP contribution is -2.06. The second-order valence-corrected chi connectivity index (χ2v) is 4.62. The Labute approximate surface area is 118 Å². The lowest BCUT2D eigenvalue weighted by Gasteiger charge is -2.11. The first kappa shape index (κ1) is 14.3. The van der Waals surface area contributed by atoms with Crippen LogP contribution in [0.2, 0.25) is 0 Å². The number of methoxy groups -OCH3 is 1. The number of halogens is 1. The predicted molar refractivity (Wildman–Crippen MR) is 76.3 cm³/mol. The third kappa shape index (κ3) is 3.48. The van der Waals surface area contributed by atoms with Crippen LogP contribution < -0.4 is 15.2 Å². The van der Waals surface area contributed by atoms with Crippen molar-refractivity contribution in [1.29, 1.82) is 0 Å². The maximum atomic E-state index is 13.9. The Morgan fingerprint density at radius 3 is 2.65 bits per heavy atom. The monoisotopic (exact) mass is 275 g/mol. The first-order valence-electron chi connectivity index (χ1n) is 6.41. The number of ether oxygens (including phenoxy) is 2. The average Bonchev–Trinajstić information content (AvgIpc) is 2.46. The van der Waals surface area contributed by atoms with Crippen molar-refractivity contribution < 1.29 is 13.9 Å². The molecule has 2 N–H and O–H groups in total. The van der Waals surface area contributed by atoms with Gasteiger partial charge >= 0.3 is 0 Å². The summed E-state index contributed by atoms with van der Waals surface area (Å²) < 4.78 is 24.5.